The summed E-state index contributed by atoms with van der Waals surface area (Å²) in [6.07, 6.45) is 0. The van der Waals surface area contributed by atoms with Gasteiger partial charge in [0.25, 0.3) is 0 Å². The molecular weight excluding hydrogens is 383 g/mol. The first kappa shape index (κ1) is 20.0. The average Bonchev–Trinajstić information content (AvgIpc) is 3.07. The smallest absolute Gasteiger partial charge is 0.239 e. The fraction of sp³-hybridized carbons (Fsp3) is 0.300. The quantitative estimate of drug-likeness (QED) is 0.769. The second-order valence-corrected chi connectivity index (χ2v) is 7.27. The van der Waals surface area contributed by atoms with Crippen LogP contribution in [0, 0.1) is 5.82 Å². The van der Waals surface area contributed by atoms with E-state index in [4.69, 9.17) is 9.47 Å². The van der Waals surface area contributed by atoms with Gasteiger partial charge in [0, 0.05) is 6.54 Å². The predicted molar refractivity (Wildman–Crippen MR) is 105 cm³/mol. The highest BCUT2D eigenvalue weighted by Gasteiger charge is 2.34. The van der Waals surface area contributed by atoms with Gasteiger partial charge < -0.3 is 19.7 Å². The van der Waals surface area contributed by atoms with Gasteiger partial charge in [0.2, 0.25) is 11.8 Å². The van der Waals surface area contributed by atoms with Crippen LogP contribution in [0.1, 0.15) is 16.5 Å². The van der Waals surface area contributed by atoms with E-state index in [2.05, 4.69) is 5.32 Å². The predicted octanol–water partition coefficient (Wildman–Crippen LogP) is 2.73. The number of hydrogen-bond donors (Lipinski definition) is 1. The van der Waals surface area contributed by atoms with Gasteiger partial charge in [-0.2, -0.15) is 0 Å². The monoisotopic (exact) mass is 404 g/mol. The first-order valence-electron chi connectivity index (χ1n) is 8.66. The lowest BCUT2D eigenvalue weighted by molar-refractivity contribution is -0.133. The van der Waals surface area contributed by atoms with Crippen molar-refractivity contribution < 1.29 is 23.5 Å². The largest absolute Gasteiger partial charge is 0.493 e. The van der Waals surface area contributed by atoms with E-state index in [1.54, 1.807) is 37.3 Å². The maximum absolute atomic E-state index is 13.0. The molecule has 0 saturated carbocycles. The molecule has 1 N–H and O–H groups in total. The van der Waals surface area contributed by atoms with E-state index in [-0.39, 0.29) is 36.1 Å². The summed E-state index contributed by atoms with van der Waals surface area (Å²) in [5, 5.41) is 2.50. The van der Waals surface area contributed by atoms with Crippen molar-refractivity contribution in [1.82, 2.24) is 10.2 Å². The summed E-state index contributed by atoms with van der Waals surface area (Å²) in [6, 6.07) is 11.4. The van der Waals surface area contributed by atoms with Gasteiger partial charge in [0.1, 0.15) is 17.7 Å². The zero-order valence-electron chi connectivity index (χ0n) is 15.6. The van der Waals surface area contributed by atoms with E-state index in [0.29, 0.717) is 17.3 Å². The van der Waals surface area contributed by atoms with Crippen LogP contribution in [0.15, 0.2) is 42.5 Å². The van der Waals surface area contributed by atoms with Crippen molar-refractivity contribution in [2.75, 3.05) is 26.5 Å². The summed E-state index contributed by atoms with van der Waals surface area (Å²) in [6.45, 7) is 0.224. The Balaban J connectivity index is 1.66. The number of nitrogens with zero attached hydrogens (tertiary/aromatic N) is 1. The molecule has 1 saturated heterocycles. The van der Waals surface area contributed by atoms with Crippen molar-refractivity contribution >= 4 is 23.6 Å². The van der Waals surface area contributed by atoms with Crippen LogP contribution in [-0.4, -0.2) is 43.2 Å². The molecule has 1 heterocycles. The van der Waals surface area contributed by atoms with Gasteiger partial charge in [-0.1, -0.05) is 18.2 Å². The van der Waals surface area contributed by atoms with Gasteiger partial charge in [-0.15, -0.1) is 11.8 Å². The van der Waals surface area contributed by atoms with Crippen LogP contribution >= 0.6 is 11.8 Å². The molecule has 6 nitrogen and oxygen atoms in total. The summed E-state index contributed by atoms with van der Waals surface area (Å²) in [4.78, 5) is 26.2. The van der Waals surface area contributed by atoms with Gasteiger partial charge in [-0.3, -0.25) is 9.59 Å². The summed E-state index contributed by atoms with van der Waals surface area (Å²) >= 11 is 1.46. The summed E-state index contributed by atoms with van der Waals surface area (Å²) in [5.41, 5.74) is 1.65. The molecule has 1 aliphatic rings. The normalized spacial score (nSPS) is 16.2. The van der Waals surface area contributed by atoms with Crippen molar-refractivity contribution in [2.45, 2.75) is 11.9 Å². The van der Waals surface area contributed by atoms with Crippen molar-refractivity contribution in [3.63, 3.8) is 0 Å². The van der Waals surface area contributed by atoms with Crippen molar-refractivity contribution in [1.29, 1.82) is 0 Å². The molecule has 1 atom stereocenters. The molecule has 2 aromatic rings. The fourth-order valence-electron chi connectivity index (χ4n) is 2.92. The van der Waals surface area contributed by atoms with Gasteiger partial charge in [-0.05, 0) is 35.4 Å². The van der Waals surface area contributed by atoms with E-state index in [0.717, 1.165) is 11.1 Å². The Morgan fingerprint density at radius 1 is 1.18 bits per heavy atom. The Labute approximate surface area is 167 Å². The maximum atomic E-state index is 13.0. The lowest BCUT2D eigenvalue weighted by atomic mass is 10.1. The number of amides is 2. The van der Waals surface area contributed by atoms with Gasteiger partial charge >= 0.3 is 0 Å². The molecule has 2 aromatic carbocycles. The Morgan fingerprint density at radius 2 is 1.89 bits per heavy atom. The number of methoxy groups -OCH3 is 2. The van der Waals surface area contributed by atoms with Crippen LogP contribution in [0.3, 0.4) is 0 Å². The minimum atomic E-state index is -0.326. The van der Waals surface area contributed by atoms with Crippen LogP contribution in [0.2, 0.25) is 0 Å². The maximum Gasteiger partial charge on any atom is 0.239 e. The molecular formula is C20H21FN2O4S. The number of carbonyl (C=O) groups is 2. The van der Waals surface area contributed by atoms with E-state index >= 15 is 0 Å². The molecule has 0 aromatic heterocycles. The standard InChI is InChI=1S/C20H21FN2O4S/c1-26-16-8-5-14(9-17(16)27-2)20-23(19(25)12-28-20)11-18(24)22-10-13-3-6-15(21)7-4-13/h3-9,20H,10-12H2,1-2H3,(H,22,24)/t20-/m1/s1. The fourth-order valence-corrected chi connectivity index (χ4v) is 4.10. The molecule has 2 amide bonds. The molecule has 1 fully saturated rings. The van der Waals surface area contributed by atoms with Crippen LogP contribution in [0.5, 0.6) is 11.5 Å². The molecule has 0 spiro atoms. The second kappa shape index (κ2) is 8.97. The van der Waals surface area contributed by atoms with Crippen molar-refractivity contribution in [3.8, 4) is 11.5 Å². The Hall–Kier alpha value is -2.74. The summed E-state index contributed by atoms with van der Waals surface area (Å²) in [5.74, 6) is 0.786. The van der Waals surface area contributed by atoms with Crippen LogP contribution in [0.25, 0.3) is 0 Å². The number of benzene rings is 2. The van der Waals surface area contributed by atoms with Crippen LogP contribution < -0.4 is 14.8 Å². The Kier molecular flexibility index (Phi) is 6.41. The number of hydrogen-bond acceptors (Lipinski definition) is 5. The number of rotatable bonds is 7. The van der Waals surface area contributed by atoms with Gasteiger partial charge in [0.05, 0.1) is 20.0 Å². The zero-order valence-corrected chi connectivity index (χ0v) is 16.4. The summed E-state index contributed by atoms with van der Waals surface area (Å²) in [7, 11) is 3.11. The Bertz CT molecular complexity index is 860. The number of carbonyl (C=O) groups excluding carboxylic acids is 2. The number of halogens is 1. The van der Waals surface area contributed by atoms with Crippen molar-refractivity contribution in [3.05, 3.63) is 59.4 Å². The van der Waals surface area contributed by atoms with E-state index < -0.39 is 0 Å². The Morgan fingerprint density at radius 3 is 2.57 bits per heavy atom. The molecule has 8 heteroatoms. The average molecular weight is 404 g/mol. The highest BCUT2D eigenvalue weighted by molar-refractivity contribution is 8.00. The van der Waals surface area contributed by atoms with E-state index in [9.17, 15) is 14.0 Å². The molecule has 0 unspecified atom stereocenters. The van der Waals surface area contributed by atoms with E-state index in [1.807, 2.05) is 12.1 Å². The third kappa shape index (κ3) is 4.56. The third-order valence-corrected chi connectivity index (χ3v) is 5.63. The molecule has 0 aliphatic carbocycles. The molecule has 28 heavy (non-hydrogen) atoms. The SMILES string of the molecule is COc1ccc([C@H]2SCC(=O)N2CC(=O)NCc2ccc(F)cc2)cc1OC. The lowest BCUT2D eigenvalue weighted by Crippen LogP contribution is -2.39. The number of nitrogens with one attached hydrogen (secondary N) is 1. The minimum absolute atomic E-state index is 0.0496. The minimum Gasteiger partial charge on any atom is -0.493 e. The molecule has 0 radical (unpaired) electrons. The first-order chi connectivity index (χ1) is 13.5. The van der Waals surface area contributed by atoms with Crippen LogP contribution in [0.4, 0.5) is 4.39 Å². The molecule has 0 bridgehead atoms. The zero-order chi connectivity index (χ0) is 20.1. The number of ether oxygens (including phenoxy) is 2. The molecule has 1 aliphatic heterocycles. The lowest BCUT2D eigenvalue weighted by Gasteiger charge is -2.24. The first-order valence-corrected chi connectivity index (χ1v) is 9.71. The van der Waals surface area contributed by atoms with E-state index in [1.165, 1.54) is 23.9 Å². The summed E-state index contributed by atoms with van der Waals surface area (Å²) < 4.78 is 23.5. The molecule has 3 rings (SSSR count). The van der Waals surface area contributed by atoms with Crippen LogP contribution in [-0.2, 0) is 16.1 Å². The molecule has 148 valence electrons. The highest BCUT2D eigenvalue weighted by Crippen LogP contribution is 2.41. The number of thioether (sulfide) groups is 1. The second-order valence-electron chi connectivity index (χ2n) is 6.20. The third-order valence-electron chi connectivity index (χ3n) is 4.38. The van der Waals surface area contributed by atoms with Gasteiger partial charge in [0.15, 0.2) is 11.5 Å². The topological polar surface area (TPSA) is 67.9 Å². The van der Waals surface area contributed by atoms with Crippen molar-refractivity contribution in [2.24, 2.45) is 0 Å². The highest BCUT2D eigenvalue weighted by atomic mass is 32.2. The van der Waals surface area contributed by atoms with Gasteiger partial charge in [-0.25, -0.2) is 4.39 Å².